The molecular weight excluding hydrogens is 773 g/mol. The number of fused-ring (bicyclic) bond motifs is 14. The minimum atomic E-state index is 0.536. The molecule has 0 N–H and O–H groups in total. The van der Waals surface area contributed by atoms with E-state index in [1.807, 2.05) is 54.6 Å². The Hall–Kier alpha value is -8.61. The SMILES string of the molecule is c1ccc(-c2nc(-c3c(-n4c5cc6ccccc6cc5c5c6ccccc6ccc54)c4oc5ccccc5c4c4ccccc34)nc(-c3cccc4oc5ccccc5c34)n2)cc1. The lowest BCUT2D eigenvalue weighted by Crippen LogP contribution is -2.05. The zero-order valence-corrected chi connectivity index (χ0v) is 33.6. The Labute approximate surface area is 358 Å². The molecule has 6 nitrogen and oxygen atoms in total. The molecule has 0 saturated heterocycles. The highest BCUT2D eigenvalue weighted by Gasteiger charge is 2.29. The van der Waals surface area contributed by atoms with Gasteiger partial charge in [0.15, 0.2) is 23.1 Å². The van der Waals surface area contributed by atoms with Crippen molar-refractivity contribution in [3.8, 4) is 39.9 Å². The van der Waals surface area contributed by atoms with Gasteiger partial charge in [-0.05, 0) is 68.7 Å². The molecule has 6 heteroatoms. The van der Waals surface area contributed by atoms with Gasteiger partial charge in [-0.1, -0.05) is 158 Å². The van der Waals surface area contributed by atoms with Crippen LogP contribution in [0.5, 0.6) is 0 Å². The molecule has 0 spiro atoms. The summed E-state index contributed by atoms with van der Waals surface area (Å²) >= 11 is 0. The Balaban J connectivity index is 1.21. The summed E-state index contributed by atoms with van der Waals surface area (Å²) in [6.07, 6.45) is 0. The van der Waals surface area contributed by atoms with Gasteiger partial charge in [0.25, 0.3) is 0 Å². The molecule has 0 saturated carbocycles. The van der Waals surface area contributed by atoms with Crippen molar-refractivity contribution in [2.24, 2.45) is 0 Å². The van der Waals surface area contributed by atoms with Crippen LogP contribution in [0, 0.1) is 0 Å². The van der Waals surface area contributed by atoms with Crippen molar-refractivity contribution in [1.82, 2.24) is 19.5 Å². The highest BCUT2D eigenvalue weighted by molar-refractivity contribution is 6.28. The summed E-state index contributed by atoms with van der Waals surface area (Å²) in [6, 6.07) is 67.8. The predicted molar refractivity (Wildman–Crippen MR) is 258 cm³/mol. The van der Waals surface area contributed by atoms with Crippen molar-refractivity contribution in [3.05, 3.63) is 194 Å². The van der Waals surface area contributed by atoms with Gasteiger partial charge in [0.05, 0.1) is 16.6 Å². The highest BCUT2D eigenvalue weighted by atomic mass is 16.3. The van der Waals surface area contributed by atoms with Crippen LogP contribution in [0.3, 0.4) is 0 Å². The second-order valence-corrected chi connectivity index (χ2v) is 16.3. The summed E-state index contributed by atoms with van der Waals surface area (Å²) < 4.78 is 16.0. The van der Waals surface area contributed by atoms with Crippen LogP contribution < -0.4 is 0 Å². The van der Waals surface area contributed by atoms with E-state index < -0.39 is 0 Å². The lowest BCUT2D eigenvalue weighted by molar-refractivity contribution is 0.666. The van der Waals surface area contributed by atoms with Gasteiger partial charge in [-0.15, -0.1) is 0 Å². The molecule has 0 bridgehead atoms. The standard InChI is InChI=1S/C57H32N4O2/c1-2-16-34(17-3-1)55-58-56(42-25-14-28-48-50(42)40-23-10-12-26-46(40)62-48)60-57(59-55)52-39-22-9-8-21-38(39)51-41-24-11-13-27-47(41)63-54(51)53(52)61-44-30-29-33-15-6-7-20-37(33)49(44)43-31-35-18-4-5-19-36(35)32-45(43)61/h1-32H. The molecule has 0 atom stereocenters. The lowest BCUT2D eigenvalue weighted by Gasteiger charge is -2.18. The fraction of sp³-hybridized carbons (Fsp3) is 0. The van der Waals surface area contributed by atoms with E-state index in [-0.39, 0.29) is 0 Å². The number of furan rings is 2. The van der Waals surface area contributed by atoms with Crippen LogP contribution in [0.25, 0.3) is 138 Å². The van der Waals surface area contributed by atoms with E-state index in [0.29, 0.717) is 17.5 Å². The number of aromatic nitrogens is 4. The third-order valence-electron chi connectivity index (χ3n) is 12.8. The van der Waals surface area contributed by atoms with Gasteiger partial charge in [-0.2, -0.15) is 0 Å². The first-order chi connectivity index (χ1) is 31.2. The number of rotatable bonds is 4. The van der Waals surface area contributed by atoms with Crippen molar-refractivity contribution in [2.45, 2.75) is 0 Å². The zero-order chi connectivity index (χ0) is 41.2. The van der Waals surface area contributed by atoms with Gasteiger partial charge in [-0.3, -0.25) is 0 Å². The predicted octanol–water partition coefficient (Wildman–Crippen LogP) is 15.2. The number of para-hydroxylation sites is 2. The number of hydrogen-bond acceptors (Lipinski definition) is 5. The molecule has 14 rings (SSSR count). The van der Waals surface area contributed by atoms with Crippen LogP contribution in [0.2, 0.25) is 0 Å². The average molecular weight is 805 g/mol. The lowest BCUT2D eigenvalue weighted by atomic mass is 9.96. The van der Waals surface area contributed by atoms with Gasteiger partial charge in [0, 0.05) is 43.4 Å². The molecule has 292 valence electrons. The molecule has 4 heterocycles. The minimum Gasteiger partial charge on any atom is -0.456 e. The van der Waals surface area contributed by atoms with E-state index in [2.05, 4.69) is 144 Å². The molecule has 0 radical (unpaired) electrons. The Morgan fingerprint density at radius 1 is 0.349 bits per heavy atom. The smallest absolute Gasteiger partial charge is 0.166 e. The molecule has 0 amide bonds. The van der Waals surface area contributed by atoms with Gasteiger partial charge in [0.1, 0.15) is 22.4 Å². The van der Waals surface area contributed by atoms with Crippen LogP contribution >= 0.6 is 0 Å². The normalized spacial score (nSPS) is 12.1. The monoisotopic (exact) mass is 804 g/mol. The fourth-order valence-electron chi connectivity index (χ4n) is 10.1. The van der Waals surface area contributed by atoms with Crippen molar-refractivity contribution < 1.29 is 8.83 Å². The van der Waals surface area contributed by atoms with E-state index in [1.54, 1.807) is 0 Å². The van der Waals surface area contributed by atoms with Crippen LogP contribution in [0.4, 0.5) is 0 Å². The van der Waals surface area contributed by atoms with E-state index in [4.69, 9.17) is 23.8 Å². The third kappa shape index (κ3) is 4.91. The van der Waals surface area contributed by atoms with Crippen LogP contribution in [0.15, 0.2) is 203 Å². The van der Waals surface area contributed by atoms with Gasteiger partial charge >= 0.3 is 0 Å². The molecule has 0 fully saturated rings. The maximum Gasteiger partial charge on any atom is 0.166 e. The fourth-order valence-corrected chi connectivity index (χ4v) is 10.1. The van der Waals surface area contributed by atoms with Crippen LogP contribution in [-0.4, -0.2) is 19.5 Å². The van der Waals surface area contributed by atoms with Crippen molar-refractivity contribution >= 4 is 98.0 Å². The Morgan fingerprint density at radius 2 is 0.952 bits per heavy atom. The second-order valence-electron chi connectivity index (χ2n) is 16.3. The molecule has 10 aromatic carbocycles. The summed E-state index contributed by atoms with van der Waals surface area (Å²) in [4.78, 5) is 16.3. The second kappa shape index (κ2) is 12.9. The highest BCUT2D eigenvalue weighted by Crippen LogP contribution is 2.49. The molecule has 63 heavy (non-hydrogen) atoms. The third-order valence-corrected chi connectivity index (χ3v) is 12.8. The first-order valence-corrected chi connectivity index (χ1v) is 21.2. The molecule has 4 aromatic heterocycles. The summed E-state index contributed by atoms with van der Waals surface area (Å²) in [7, 11) is 0. The van der Waals surface area contributed by atoms with Crippen molar-refractivity contribution in [1.29, 1.82) is 0 Å². The minimum absolute atomic E-state index is 0.536. The molecular formula is C57H32N4O2. The van der Waals surface area contributed by atoms with E-state index in [9.17, 15) is 0 Å². The van der Waals surface area contributed by atoms with E-state index in [1.165, 1.54) is 21.5 Å². The Bertz CT molecular complexity index is 4220. The summed E-state index contributed by atoms with van der Waals surface area (Å²) in [5, 5.41) is 13.2. The summed E-state index contributed by atoms with van der Waals surface area (Å²) in [5.41, 5.74) is 8.75. The van der Waals surface area contributed by atoms with Crippen LogP contribution in [0.1, 0.15) is 0 Å². The molecule has 0 aliphatic rings. The largest absolute Gasteiger partial charge is 0.456 e. The first-order valence-electron chi connectivity index (χ1n) is 21.2. The average Bonchev–Trinajstić information content (AvgIpc) is 4.03. The zero-order valence-electron chi connectivity index (χ0n) is 33.6. The number of benzene rings is 10. The van der Waals surface area contributed by atoms with E-state index >= 15 is 0 Å². The molecule has 0 aliphatic heterocycles. The maximum absolute atomic E-state index is 7.17. The molecule has 0 aliphatic carbocycles. The Kier molecular flexibility index (Phi) is 7.02. The molecule has 0 unspecified atom stereocenters. The summed E-state index contributed by atoms with van der Waals surface area (Å²) in [5.74, 6) is 1.66. The maximum atomic E-state index is 7.17. The van der Waals surface area contributed by atoms with Gasteiger partial charge in [-0.25, -0.2) is 15.0 Å². The van der Waals surface area contributed by atoms with E-state index in [0.717, 1.165) is 98.8 Å². The quantitative estimate of drug-likeness (QED) is 0.177. The Morgan fingerprint density at radius 3 is 1.76 bits per heavy atom. The number of nitrogens with zero attached hydrogens (tertiary/aromatic N) is 4. The first kappa shape index (κ1) is 34.1. The van der Waals surface area contributed by atoms with Crippen molar-refractivity contribution in [3.63, 3.8) is 0 Å². The number of hydrogen-bond donors (Lipinski definition) is 0. The topological polar surface area (TPSA) is 69.9 Å². The molecule has 14 aromatic rings. The van der Waals surface area contributed by atoms with Crippen LogP contribution in [-0.2, 0) is 0 Å². The van der Waals surface area contributed by atoms with Crippen molar-refractivity contribution in [2.75, 3.05) is 0 Å². The van der Waals surface area contributed by atoms with Gasteiger partial charge in [0.2, 0.25) is 0 Å². The van der Waals surface area contributed by atoms with Gasteiger partial charge < -0.3 is 13.4 Å². The summed E-state index contributed by atoms with van der Waals surface area (Å²) in [6.45, 7) is 0.